The van der Waals surface area contributed by atoms with Gasteiger partial charge in [-0.05, 0) is 20.8 Å². The lowest BCUT2D eigenvalue weighted by Gasteiger charge is -2.46. The number of rotatable bonds is 3. The van der Waals surface area contributed by atoms with Gasteiger partial charge in [-0.3, -0.25) is 9.59 Å². The second kappa shape index (κ2) is 4.15. The highest BCUT2D eigenvalue weighted by molar-refractivity contribution is 5.88. The van der Waals surface area contributed by atoms with Crippen LogP contribution in [0, 0.1) is 5.41 Å². The van der Waals surface area contributed by atoms with Crippen molar-refractivity contribution in [3.8, 4) is 0 Å². The maximum Gasteiger partial charge on any atom is 0.324 e. The summed E-state index contributed by atoms with van der Waals surface area (Å²) in [5, 5.41) is 9.01. The minimum absolute atomic E-state index is 0.847. The molecule has 0 heterocycles. The van der Waals surface area contributed by atoms with E-state index in [1.807, 2.05) is 0 Å². The van der Waals surface area contributed by atoms with Gasteiger partial charge in [-0.25, -0.2) is 8.78 Å². The number of carboxylic acid groups (broad SMARTS) is 1. The Morgan fingerprint density at radius 1 is 1.33 bits per heavy atom. The second-order valence-electron chi connectivity index (χ2n) is 5.68. The monoisotopic (exact) mass is 265 g/mol. The van der Waals surface area contributed by atoms with E-state index in [4.69, 9.17) is 15.6 Å². The van der Waals surface area contributed by atoms with Gasteiger partial charge in [0.1, 0.15) is 17.1 Å². The lowest BCUT2D eigenvalue weighted by molar-refractivity contribution is -0.205. The molecule has 0 amide bonds. The van der Waals surface area contributed by atoms with Crippen LogP contribution in [0.3, 0.4) is 0 Å². The molecule has 5 nitrogen and oxygen atoms in total. The molecule has 1 atom stereocenters. The van der Waals surface area contributed by atoms with Crippen LogP contribution in [0.2, 0.25) is 0 Å². The van der Waals surface area contributed by atoms with Crippen LogP contribution in [0.1, 0.15) is 33.6 Å². The van der Waals surface area contributed by atoms with E-state index in [1.54, 1.807) is 20.8 Å². The van der Waals surface area contributed by atoms with Crippen molar-refractivity contribution in [1.29, 1.82) is 0 Å². The highest BCUT2D eigenvalue weighted by Crippen LogP contribution is 2.54. The fourth-order valence-electron chi connectivity index (χ4n) is 1.97. The molecular weight excluding hydrogens is 248 g/mol. The van der Waals surface area contributed by atoms with E-state index in [1.165, 1.54) is 0 Å². The highest BCUT2D eigenvalue weighted by atomic mass is 19.3. The maximum absolute atomic E-state index is 12.9. The Kier molecular flexibility index (Phi) is 3.42. The third kappa shape index (κ3) is 2.77. The molecule has 1 rings (SSSR count). The van der Waals surface area contributed by atoms with Gasteiger partial charge < -0.3 is 15.6 Å². The molecular formula is C11H17F2NO4. The van der Waals surface area contributed by atoms with Crippen molar-refractivity contribution in [3.63, 3.8) is 0 Å². The predicted molar refractivity (Wildman–Crippen MR) is 58.1 cm³/mol. The van der Waals surface area contributed by atoms with Crippen molar-refractivity contribution < 1.29 is 28.2 Å². The Hall–Kier alpha value is -1.24. The number of carbonyl (C=O) groups is 2. The zero-order valence-corrected chi connectivity index (χ0v) is 10.5. The largest absolute Gasteiger partial charge is 0.481 e. The number of hydrogen-bond acceptors (Lipinski definition) is 4. The number of nitrogens with two attached hydrogens (primary N) is 1. The second-order valence-corrected chi connectivity index (χ2v) is 5.68. The summed E-state index contributed by atoms with van der Waals surface area (Å²) in [5.41, 5.74) is 2.73. The van der Waals surface area contributed by atoms with Crippen LogP contribution >= 0.6 is 0 Å². The smallest absolute Gasteiger partial charge is 0.324 e. The van der Waals surface area contributed by atoms with Crippen LogP contribution in [-0.2, 0) is 14.3 Å². The van der Waals surface area contributed by atoms with Crippen LogP contribution in [0.15, 0.2) is 0 Å². The average Bonchev–Trinajstić information content (AvgIpc) is 2.08. The molecule has 0 unspecified atom stereocenters. The predicted octanol–water partition coefficient (Wildman–Crippen LogP) is 1.16. The molecule has 1 fully saturated rings. The molecule has 18 heavy (non-hydrogen) atoms. The normalized spacial score (nSPS) is 22.8. The lowest BCUT2D eigenvalue weighted by atomic mass is 9.61. The maximum atomic E-state index is 12.9. The first-order valence-corrected chi connectivity index (χ1v) is 5.49. The molecule has 1 aliphatic rings. The van der Waals surface area contributed by atoms with Gasteiger partial charge in [0.2, 0.25) is 0 Å². The Labute approximate surface area is 103 Å². The molecule has 104 valence electrons. The van der Waals surface area contributed by atoms with Crippen LogP contribution in [0.25, 0.3) is 0 Å². The lowest BCUT2D eigenvalue weighted by Crippen LogP contribution is -2.63. The van der Waals surface area contributed by atoms with Crippen molar-refractivity contribution in [2.24, 2.45) is 11.1 Å². The van der Waals surface area contributed by atoms with Gasteiger partial charge in [0.05, 0.1) is 0 Å². The summed E-state index contributed by atoms with van der Waals surface area (Å²) in [6, 6.07) is -1.59. The fourth-order valence-corrected chi connectivity index (χ4v) is 1.97. The summed E-state index contributed by atoms with van der Waals surface area (Å²) in [5.74, 6) is -5.55. The minimum Gasteiger partial charge on any atom is -0.481 e. The third-order valence-corrected chi connectivity index (χ3v) is 2.83. The Morgan fingerprint density at radius 3 is 2.06 bits per heavy atom. The molecule has 1 saturated carbocycles. The summed E-state index contributed by atoms with van der Waals surface area (Å²) in [7, 11) is 0. The quantitative estimate of drug-likeness (QED) is 0.747. The van der Waals surface area contributed by atoms with Gasteiger partial charge in [0.15, 0.2) is 0 Å². The van der Waals surface area contributed by atoms with Gasteiger partial charge in [-0.1, -0.05) is 0 Å². The van der Waals surface area contributed by atoms with E-state index >= 15 is 0 Å². The van der Waals surface area contributed by atoms with Gasteiger partial charge in [0.25, 0.3) is 5.92 Å². The highest BCUT2D eigenvalue weighted by Gasteiger charge is 2.66. The molecule has 0 aromatic carbocycles. The molecule has 3 N–H and O–H groups in total. The topological polar surface area (TPSA) is 89.6 Å². The Bertz CT molecular complexity index is 368. The van der Waals surface area contributed by atoms with E-state index in [-0.39, 0.29) is 0 Å². The van der Waals surface area contributed by atoms with Crippen LogP contribution < -0.4 is 5.73 Å². The third-order valence-electron chi connectivity index (χ3n) is 2.83. The minimum atomic E-state index is -3.09. The van der Waals surface area contributed by atoms with Gasteiger partial charge in [-0.15, -0.1) is 0 Å². The summed E-state index contributed by atoms with van der Waals surface area (Å²) < 4.78 is 30.7. The molecule has 0 radical (unpaired) electrons. The number of carboxylic acids is 1. The van der Waals surface area contributed by atoms with Crippen LogP contribution in [0.4, 0.5) is 8.78 Å². The van der Waals surface area contributed by atoms with Crippen molar-refractivity contribution in [3.05, 3.63) is 0 Å². The number of carbonyl (C=O) groups excluding carboxylic acids is 1. The van der Waals surface area contributed by atoms with Crippen molar-refractivity contribution in [2.75, 3.05) is 0 Å². The number of aliphatic carboxylic acids is 1. The van der Waals surface area contributed by atoms with E-state index < -0.39 is 47.8 Å². The summed E-state index contributed by atoms with van der Waals surface area (Å²) in [6.45, 7) is 4.75. The van der Waals surface area contributed by atoms with Gasteiger partial charge in [-0.2, -0.15) is 0 Å². The van der Waals surface area contributed by atoms with E-state index in [2.05, 4.69) is 0 Å². The van der Waals surface area contributed by atoms with E-state index in [9.17, 15) is 18.4 Å². The zero-order valence-electron chi connectivity index (χ0n) is 10.5. The Balaban J connectivity index is 2.84. The van der Waals surface area contributed by atoms with Crippen molar-refractivity contribution in [1.82, 2.24) is 0 Å². The first-order valence-electron chi connectivity index (χ1n) is 5.49. The molecule has 0 spiro atoms. The number of esters is 1. The number of halogens is 2. The standard InChI is InChI=1S/C11H17F2NO4/c1-9(2,3)18-7(15)6(14)10(8(16)17)4-11(12,13)5-10/h6H,4-5,14H2,1-3H3,(H,16,17)/t6-/m0/s1. The number of hydrogen-bond donors (Lipinski definition) is 2. The molecule has 7 heteroatoms. The van der Waals surface area contributed by atoms with Crippen molar-refractivity contribution in [2.45, 2.75) is 51.2 Å². The molecule has 1 aliphatic carbocycles. The molecule has 0 saturated heterocycles. The van der Waals surface area contributed by atoms with Crippen LogP contribution in [-0.4, -0.2) is 34.6 Å². The molecule has 0 aliphatic heterocycles. The Morgan fingerprint density at radius 2 is 1.78 bits per heavy atom. The fraction of sp³-hybridized carbons (Fsp3) is 0.818. The number of alkyl halides is 2. The first-order chi connectivity index (χ1) is 7.90. The van der Waals surface area contributed by atoms with Crippen molar-refractivity contribution >= 4 is 11.9 Å². The molecule has 0 bridgehead atoms. The zero-order chi connectivity index (χ0) is 14.4. The summed E-state index contributed by atoms with van der Waals surface area (Å²) in [4.78, 5) is 22.7. The molecule has 0 aromatic rings. The molecule has 0 aromatic heterocycles. The average molecular weight is 265 g/mol. The summed E-state index contributed by atoms with van der Waals surface area (Å²) >= 11 is 0. The summed E-state index contributed by atoms with van der Waals surface area (Å²) in [6.07, 6.45) is -1.87. The van der Waals surface area contributed by atoms with Gasteiger partial charge >= 0.3 is 11.9 Å². The van der Waals surface area contributed by atoms with E-state index in [0.717, 1.165) is 0 Å². The van der Waals surface area contributed by atoms with Gasteiger partial charge in [0, 0.05) is 12.8 Å². The van der Waals surface area contributed by atoms with Crippen LogP contribution in [0.5, 0.6) is 0 Å². The first kappa shape index (κ1) is 14.8. The number of ether oxygens (including phenoxy) is 1. The SMILES string of the molecule is CC(C)(C)OC(=O)[C@H](N)C1(C(=O)O)CC(F)(F)C1. The van der Waals surface area contributed by atoms with E-state index in [0.29, 0.717) is 0 Å².